The summed E-state index contributed by atoms with van der Waals surface area (Å²) in [4.78, 5) is 0. The molecule has 2 aromatic heterocycles. The summed E-state index contributed by atoms with van der Waals surface area (Å²) in [6, 6.07) is 16.0. The summed E-state index contributed by atoms with van der Waals surface area (Å²) in [7, 11) is 0. The highest BCUT2D eigenvalue weighted by Crippen LogP contribution is 2.53. The van der Waals surface area contributed by atoms with Crippen molar-refractivity contribution in [1.82, 2.24) is 19.8 Å². The fourth-order valence-corrected chi connectivity index (χ4v) is 5.45. The Morgan fingerprint density at radius 2 is 1.66 bits per heavy atom. The average Bonchev–Trinajstić information content (AvgIpc) is 3.50. The molecule has 1 aliphatic heterocycles. The van der Waals surface area contributed by atoms with Gasteiger partial charge in [-0.15, -0.1) is 15.3 Å². The third-order valence-corrected chi connectivity index (χ3v) is 6.98. The van der Waals surface area contributed by atoms with Gasteiger partial charge in [-0.05, 0) is 55.2 Å². The van der Waals surface area contributed by atoms with E-state index in [1.54, 1.807) is 0 Å². The molecule has 8 rings (SSSR count). The molecular formula is C25H22N4O3. The minimum Gasteiger partial charge on any atom is -0.472 e. The maximum Gasteiger partial charge on any atom is 0.236 e. The fraction of sp³-hybridized carbons (Fsp3) is 0.320. The molecule has 2 aromatic carbocycles. The minimum absolute atomic E-state index is 0.268. The Bertz CT molecular complexity index is 1330. The van der Waals surface area contributed by atoms with E-state index in [9.17, 15) is 0 Å². The third-order valence-electron chi connectivity index (χ3n) is 6.98. The molecule has 0 unspecified atom stereocenters. The van der Waals surface area contributed by atoms with Crippen LogP contribution in [0, 0.1) is 0 Å². The van der Waals surface area contributed by atoms with Crippen molar-refractivity contribution >= 4 is 5.65 Å². The van der Waals surface area contributed by atoms with E-state index in [4.69, 9.17) is 19.3 Å². The van der Waals surface area contributed by atoms with Gasteiger partial charge in [0.05, 0.1) is 0 Å². The van der Waals surface area contributed by atoms with Crippen molar-refractivity contribution in [3.8, 4) is 28.8 Å². The minimum atomic E-state index is 0.268. The highest BCUT2D eigenvalue weighted by atomic mass is 16.7. The molecule has 0 radical (unpaired) electrons. The molecule has 1 saturated carbocycles. The fourth-order valence-electron chi connectivity index (χ4n) is 5.45. The predicted molar refractivity (Wildman–Crippen MR) is 117 cm³/mol. The largest absolute Gasteiger partial charge is 0.472 e. The van der Waals surface area contributed by atoms with Crippen molar-refractivity contribution in [3.63, 3.8) is 0 Å². The lowest BCUT2D eigenvalue weighted by molar-refractivity contribution is 0.174. The molecule has 3 heterocycles. The van der Waals surface area contributed by atoms with E-state index in [1.165, 1.54) is 36.8 Å². The van der Waals surface area contributed by atoms with Crippen LogP contribution >= 0.6 is 0 Å². The molecule has 0 N–H and O–H groups in total. The van der Waals surface area contributed by atoms with Crippen LogP contribution in [0.1, 0.15) is 54.2 Å². The molecule has 0 spiro atoms. The van der Waals surface area contributed by atoms with Gasteiger partial charge in [0.25, 0.3) is 0 Å². The van der Waals surface area contributed by atoms with E-state index in [-0.39, 0.29) is 6.79 Å². The summed E-state index contributed by atoms with van der Waals surface area (Å²) in [5.74, 6) is 3.98. The molecule has 0 saturated heterocycles. The van der Waals surface area contributed by atoms with Gasteiger partial charge in [0.2, 0.25) is 12.7 Å². The Hall–Kier alpha value is -3.61. The highest BCUT2D eigenvalue weighted by molar-refractivity contribution is 5.65. The van der Waals surface area contributed by atoms with Gasteiger partial charge in [0.1, 0.15) is 6.61 Å². The van der Waals surface area contributed by atoms with Crippen LogP contribution in [0.4, 0.5) is 0 Å². The van der Waals surface area contributed by atoms with Crippen LogP contribution in [-0.4, -0.2) is 26.6 Å². The van der Waals surface area contributed by atoms with Gasteiger partial charge in [-0.1, -0.05) is 36.4 Å². The summed E-state index contributed by atoms with van der Waals surface area (Å²) in [5.41, 5.74) is 5.43. The summed E-state index contributed by atoms with van der Waals surface area (Å²) in [6.07, 6.45) is 4.78. The maximum atomic E-state index is 6.39. The quantitative estimate of drug-likeness (QED) is 0.464. The number of benzene rings is 2. The molecule has 0 atom stereocenters. The lowest BCUT2D eigenvalue weighted by Crippen LogP contribution is -2.25. The average molecular weight is 426 g/mol. The molecular weight excluding hydrogens is 404 g/mol. The van der Waals surface area contributed by atoms with Crippen molar-refractivity contribution in [1.29, 1.82) is 0 Å². The topological polar surface area (TPSA) is 70.8 Å². The van der Waals surface area contributed by atoms with Gasteiger partial charge in [0.15, 0.2) is 23.0 Å². The zero-order valence-corrected chi connectivity index (χ0v) is 17.5. The van der Waals surface area contributed by atoms with E-state index in [0.717, 1.165) is 34.1 Å². The van der Waals surface area contributed by atoms with Crippen LogP contribution in [0.15, 0.2) is 48.5 Å². The number of hydrogen-bond acceptors (Lipinski definition) is 6. The summed E-state index contributed by atoms with van der Waals surface area (Å²) < 4.78 is 19.2. The van der Waals surface area contributed by atoms with Crippen LogP contribution < -0.4 is 14.2 Å². The third kappa shape index (κ3) is 2.70. The Morgan fingerprint density at radius 1 is 0.875 bits per heavy atom. The van der Waals surface area contributed by atoms with Gasteiger partial charge in [-0.3, -0.25) is 0 Å². The molecule has 160 valence electrons. The highest BCUT2D eigenvalue weighted by Gasteiger charge is 2.39. The smallest absolute Gasteiger partial charge is 0.236 e. The number of fused-ring (bicyclic) bond motifs is 4. The van der Waals surface area contributed by atoms with Crippen molar-refractivity contribution in [3.05, 3.63) is 65.2 Å². The lowest BCUT2D eigenvalue weighted by atomic mass is 9.67. The first-order valence-electron chi connectivity index (χ1n) is 11.2. The zero-order valence-electron chi connectivity index (χ0n) is 17.5. The number of nitrogens with zero attached hydrogens (tertiary/aromatic N) is 4. The van der Waals surface area contributed by atoms with Gasteiger partial charge in [-0.2, -0.15) is 4.52 Å². The first-order chi connectivity index (χ1) is 15.8. The molecule has 4 aromatic rings. The monoisotopic (exact) mass is 426 g/mol. The molecule has 7 heteroatoms. The molecule has 3 aliphatic carbocycles. The van der Waals surface area contributed by atoms with E-state index < -0.39 is 0 Å². The van der Waals surface area contributed by atoms with Crippen LogP contribution in [0.2, 0.25) is 0 Å². The molecule has 7 nitrogen and oxygen atoms in total. The molecule has 4 aliphatic rings. The molecule has 2 bridgehead atoms. The second-order valence-corrected chi connectivity index (χ2v) is 8.78. The Morgan fingerprint density at radius 3 is 2.50 bits per heavy atom. The standard InChI is InChI=1S/C25H22N4O3/c1-2-4-18(5-3-1)23-26-27-24-21-16-7-9-17(10-8-16)22(21)25(28-29(23)24)30-13-15-6-11-19-20(12-15)32-14-31-19/h1-6,11-12,16-17H,7-10,13-14H2. The van der Waals surface area contributed by atoms with E-state index >= 15 is 0 Å². The number of aromatic nitrogens is 4. The summed E-state index contributed by atoms with van der Waals surface area (Å²) >= 11 is 0. The van der Waals surface area contributed by atoms with Crippen molar-refractivity contribution in [2.75, 3.05) is 6.79 Å². The lowest BCUT2D eigenvalue weighted by Gasteiger charge is -2.38. The van der Waals surface area contributed by atoms with Crippen molar-refractivity contribution < 1.29 is 14.2 Å². The maximum absolute atomic E-state index is 6.39. The van der Waals surface area contributed by atoms with Gasteiger partial charge >= 0.3 is 0 Å². The SMILES string of the molecule is c1ccc(-c2nnc3c4c(c(OCc5ccc6c(c5)OCO6)nn23)C2CCC4CC2)cc1. The van der Waals surface area contributed by atoms with Crippen LogP contribution in [0.3, 0.4) is 0 Å². The first-order valence-corrected chi connectivity index (χ1v) is 11.2. The Labute approximate surface area is 185 Å². The van der Waals surface area contributed by atoms with Gasteiger partial charge in [0, 0.05) is 16.7 Å². The molecule has 0 amide bonds. The van der Waals surface area contributed by atoms with E-state index in [0.29, 0.717) is 24.3 Å². The van der Waals surface area contributed by atoms with Gasteiger partial charge < -0.3 is 14.2 Å². The Kier molecular flexibility index (Phi) is 3.91. The normalized spacial score (nSPS) is 20.5. The predicted octanol–water partition coefficient (Wildman–Crippen LogP) is 4.85. The first kappa shape index (κ1) is 18.0. The number of rotatable bonds is 4. The van der Waals surface area contributed by atoms with E-state index in [1.807, 2.05) is 53.0 Å². The molecule has 1 fully saturated rings. The van der Waals surface area contributed by atoms with Crippen LogP contribution in [0.5, 0.6) is 17.4 Å². The zero-order chi connectivity index (χ0) is 21.1. The van der Waals surface area contributed by atoms with Gasteiger partial charge in [-0.25, -0.2) is 0 Å². The van der Waals surface area contributed by atoms with Crippen LogP contribution in [0.25, 0.3) is 17.0 Å². The number of hydrogen-bond donors (Lipinski definition) is 0. The second-order valence-electron chi connectivity index (χ2n) is 8.78. The summed E-state index contributed by atoms with van der Waals surface area (Å²) in [5, 5.41) is 14.1. The summed E-state index contributed by atoms with van der Waals surface area (Å²) in [6.45, 7) is 0.687. The molecule has 32 heavy (non-hydrogen) atoms. The number of ether oxygens (including phenoxy) is 3. The Balaban J connectivity index is 1.34. The van der Waals surface area contributed by atoms with Crippen molar-refractivity contribution in [2.45, 2.75) is 44.1 Å². The van der Waals surface area contributed by atoms with Crippen LogP contribution in [-0.2, 0) is 6.61 Å². The van der Waals surface area contributed by atoms with Crippen molar-refractivity contribution in [2.24, 2.45) is 0 Å². The van der Waals surface area contributed by atoms with E-state index in [2.05, 4.69) is 10.2 Å². The second kappa shape index (κ2) is 6.95.